The van der Waals surface area contributed by atoms with Crippen LogP contribution in [-0.4, -0.2) is 16.5 Å². The highest BCUT2D eigenvalue weighted by atomic mass is 35.5. The minimum atomic E-state index is 0.371. The smallest absolute Gasteiger partial charge is 0.112 e. The van der Waals surface area contributed by atoms with Crippen molar-refractivity contribution in [2.45, 2.75) is 12.3 Å². The van der Waals surface area contributed by atoms with E-state index in [1.165, 1.54) is 11.3 Å². The molecule has 4 rings (SSSR count). The predicted octanol–water partition coefficient (Wildman–Crippen LogP) is 3.97. The van der Waals surface area contributed by atoms with Crippen molar-refractivity contribution in [1.82, 2.24) is 9.97 Å². The van der Waals surface area contributed by atoms with Crippen LogP contribution in [-0.2, 0) is 6.42 Å². The summed E-state index contributed by atoms with van der Waals surface area (Å²) in [6.07, 6.45) is 1.01. The summed E-state index contributed by atoms with van der Waals surface area (Å²) >= 11 is 6.02. The fourth-order valence-corrected chi connectivity index (χ4v) is 3.00. The van der Waals surface area contributed by atoms with Gasteiger partial charge in [-0.15, -0.1) is 0 Å². The van der Waals surface area contributed by atoms with Gasteiger partial charge in [-0.2, -0.15) is 0 Å². The van der Waals surface area contributed by atoms with E-state index in [1.807, 2.05) is 18.2 Å². The number of benzene rings is 2. The Hall–Kier alpha value is -2.00. The van der Waals surface area contributed by atoms with Crippen molar-refractivity contribution in [2.24, 2.45) is 0 Å². The minimum Gasteiger partial charge on any atom is -0.384 e. The zero-order valence-corrected chi connectivity index (χ0v) is 11.6. The maximum atomic E-state index is 6.02. The Morgan fingerprint density at radius 3 is 3.00 bits per heavy atom. The van der Waals surface area contributed by atoms with Gasteiger partial charge in [-0.05, 0) is 36.2 Å². The number of hydrogen-bond donors (Lipinski definition) is 2. The third kappa shape index (κ3) is 1.95. The van der Waals surface area contributed by atoms with Crippen molar-refractivity contribution >= 4 is 28.3 Å². The Morgan fingerprint density at radius 2 is 2.05 bits per heavy atom. The molecule has 0 fully saturated rings. The molecule has 0 bridgehead atoms. The lowest BCUT2D eigenvalue weighted by molar-refractivity contribution is 0.659. The van der Waals surface area contributed by atoms with E-state index in [-0.39, 0.29) is 0 Å². The molecule has 1 atom stereocenters. The van der Waals surface area contributed by atoms with Crippen LogP contribution < -0.4 is 5.32 Å². The maximum absolute atomic E-state index is 6.02. The lowest BCUT2D eigenvalue weighted by atomic mass is 9.93. The molecule has 4 heteroatoms. The molecule has 3 nitrogen and oxygen atoms in total. The predicted molar refractivity (Wildman–Crippen MR) is 82.5 cm³/mol. The first-order valence-corrected chi connectivity index (χ1v) is 7.14. The average Bonchev–Trinajstić information content (AvgIpc) is 2.89. The van der Waals surface area contributed by atoms with Gasteiger partial charge in [0.05, 0.1) is 11.0 Å². The number of aromatic amines is 1. The van der Waals surface area contributed by atoms with Crippen molar-refractivity contribution in [3.05, 3.63) is 58.9 Å². The highest BCUT2D eigenvalue weighted by molar-refractivity contribution is 6.31. The van der Waals surface area contributed by atoms with E-state index in [0.29, 0.717) is 5.92 Å². The summed E-state index contributed by atoms with van der Waals surface area (Å²) in [5, 5.41) is 4.22. The number of halogens is 1. The van der Waals surface area contributed by atoms with Crippen LogP contribution in [0.1, 0.15) is 17.3 Å². The number of nitrogens with one attached hydrogen (secondary N) is 2. The molecule has 2 N–H and O–H groups in total. The van der Waals surface area contributed by atoms with Crippen LogP contribution >= 0.6 is 11.6 Å². The van der Waals surface area contributed by atoms with Gasteiger partial charge in [0, 0.05) is 23.2 Å². The van der Waals surface area contributed by atoms with E-state index in [4.69, 9.17) is 16.6 Å². The molecule has 2 aromatic carbocycles. The number of H-pyrrole nitrogens is 1. The Balaban J connectivity index is 1.70. The second-order valence-corrected chi connectivity index (χ2v) is 5.66. The Bertz CT molecular complexity index is 778. The number of fused-ring (bicyclic) bond motifs is 2. The van der Waals surface area contributed by atoms with Gasteiger partial charge in [0.15, 0.2) is 0 Å². The summed E-state index contributed by atoms with van der Waals surface area (Å²) in [4.78, 5) is 8.10. The van der Waals surface area contributed by atoms with Crippen molar-refractivity contribution < 1.29 is 0 Å². The van der Waals surface area contributed by atoms with Crippen LogP contribution in [0.2, 0.25) is 5.02 Å². The molecule has 1 aromatic heterocycles. The number of rotatable bonds is 1. The van der Waals surface area contributed by atoms with Crippen LogP contribution in [0.4, 0.5) is 5.69 Å². The van der Waals surface area contributed by atoms with Crippen LogP contribution in [0.25, 0.3) is 11.0 Å². The summed E-state index contributed by atoms with van der Waals surface area (Å²) in [5.74, 6) is 1.40. The molecule has 0 radical (unpaired) electrons. The molecule has 0 saturated heterocycles. The van der Waals surface area contributed by atoms with Crippen molar-refractivity contribution in [3.8, 4) is 0 Å². The molecular weight excluding hydrogens is 270 g/mol. The van der Waals surface area contributed by atoms with Crippen LogP contribution in [0.15, 0.2) is 42.5 Å². The molecule has 1 aliphatic rings. The molecule has 0 saturated carbocycles. The van der Waals surface area contributed by atoms with Gasteiger partial charge in [-0.3, -0.25) is 0 Å². The van der Waals surface area contributed by atoms with Gasteiger partial charge >= 0.3 is 0 Å². The molecule has 3 aromatic rings. The molecule has 1 aliphatic heterocycles. The standard InChI is InChI=1S/C16H14ClN3/c17-12-5-6-14-15(8-12)20-16(19-14)11-7-10-3-1-2-4-13(10)18-9-11/h1-6,8,11,18H,7,9H2,(H,19,20). The molecular formula is C16H14ClN3. The second-order valence-electron chi connectivity index (χ2n) is 5.22. The summed E-state index contributed by atoms with van der Waals surface area (Å²) < 4.78 is 0. The highest BCUT2D eigenvalue weighted by Gasteiger charge is 2.22. The fourth-order valence-electron chi connectivity index (χ4n) is 2.83. The van der Waals surface area contributed by atoms with Crippen molar-refractivity contribution in [2.75, 3.05) is 11.9 Å². The average molecular weight is 284 g/mol. The number of para-hydroxylation sites is 1. The Morgan fingerprint density at radius 1 is 1.15 bits per heavy atom. The minimum absolute atomic E-state index is 0.371. The van der Waals surface area contributed by atoms with Gasteiger partial charge < -0.3 is 10.3 Å². The van der Waals surface area contributed by atoms with Gasteiger partial charge in [0.25, 0.3) is 0 Å². The molecule has 0 amide bonds. The topological polar surface area (TPSA) is 40.7 Å². The van der Waals surface area contributed by atoms with Crippen LogP contribution in [0, 0.1) is 0 Å². The van der Waals surface area contributed by atoms with E-state index in [1.54, 1.807) is 0 Å². The molecule has 20 heavy (non-hydrogen) atoms. The first-order valence-electron chi connectivity index (χ1n) is 6.76. The summed E-state index contributed by atoms with van der Waals surface area (Å²) in [7, 11) is 0. The molecule has 2 heterocycles. The highest BCUT2D eigenvalue weighted by Crippen LogP contribution is 2.30. The van der Waals surface area contributed by atoms with Gasteiger partial charge in [-0.1, -0.05) is 29.8 Å². The lowest BCUT2D eigenvalue weighted by Crippen LogP contribution is -2.22. The first-order chi connectivity index (χ1) is 9.79. The molecule has 0 spiro atoms. The number of imidazole rings is 1. The zero-order valence-electron chi connectivity index (χ0n) is 10.9. The summed E-state index contributed by atoms with van der Waals surface area (Å²) in [6, 6.07) is 14.2. The van der Waals surface area contributed by atoms with E-state index >= 15 is 0 Å². The quantitative estimate of drug-likeness (QED) is 0.709. The third-order valence-electron chi connectivity index (χ3n) is 3.87. The molecule has 100 valence electrons. The molecule has 0 aliphatic carbocycles. The van der Waals surface area contributed by atoms with Gasteiger partial charge in [-0.25, -0.2) is 4.98 Å². The van der Waals surface area contributed by atoms with Gasteiger partial charge in [0.1, 0.15) is 5.82 Å². The Kier molecular flexibility index (Phi) is 2.67. The summed E-state index contributed by atoms with van der Waals surface area (Å²) in [5.41, 5.74) is 4.57. The molecule has 1 unspecified atom stereocenters. The number of nitrogens with zero attached hydrogens (tertiary/aromatic N) is 1. The fraction of sp³-hybridized carbons (Fsp3) is 0.188. The first kappa shape index (κ1) is 11.8. The van der Waals surface area contributed by atoms with E-state index in [9.17, 15) is 0 Å². The van der Waals surface area contributed by atoms with Crippen LogP contribution in [0.5, 0.6) is 0 Å². The van der Waals surface area contributed by atoms with Gasteiger partial charge in [0.2, 0.25) is 0 Å². The van der Waals surface area contributed by atoms with E-state index in [0.717, 1.165) is 34.8 Å². The SMILES string of the molecule is Clc1ccc2nc(C3CNc4ccccc4C3)[nH]c2c1. The second kappa shape index (κ2) is 4.53. The monoisotopic (exact) mass is 283 g/mol. The van der Waals surface area contributed by atoms with Crippen molar-refractivity contribution in [3.63, 3.8) is 0 Å². The van der Waals surface area contributed by atoms with E-state index in [2.05, 4.69) is 34.6 Å². The maximum Gasteiger partial charge on any atom is 0.112 e. The lowest BCUT2D eigenvalue weighted by Gasteiger charge is -2.24. The summed E-state index contributed by atoms with van der Waals surface area (Å²) in [6.45, 7) is 0.907. The van der Waals surface area contributed by atoms with Crippen LogP contribution in [0.3, 0.4) is 0 Å². The number of anilines is 1. The normalized spacial score (nSPS) is 17.8. The zero-order chi connectivity index (χ0) is 13.5. The number of hydrogen-bond acceptors (Lipinski definition) is 2. The Labute approximate surface area is 122 Å². The largest absolute Gasteiger partial charge is 0.384 e. The number of aromatic nitrogens is 2. The third-order valence-corrected chi connectivity index (χ3v) is 4.11. The van der Waals surface area contributed by atoms with E-state index < -0.39 is 0 Å². The van der Waals surface area contributed by atoms with Crippen molar-refractivity contribution in [1.29, 1.82) is 0 Å².